The van der Waals surface area contributed by atoms with Crippen molar-refractivity contribution in [3.63, 3.8) is 0 Å². The number of sulfone groups is 1. The number of methoxy groups -OCH3 is 1. The summed E-state index contributed by atoms with van der Waals surface area (Å²) in [6.45, 7) is 5.82. The predicted molar refractivity (Wildman–Crippen MR) is 125 cm³/mol. The molecule has 2 aromatic rings. The lowest BCUT2D eigenvalue weighted by Gasteiger charge is -2.09. The summed E-state index contributed by atoms with van der Waals surface area (Å²) in [6.07, 6.45) is 0.381. The maximum absolute atomic E-state index is 12.1. The molecule has 0 saturated heterocycles. The van der Waals surface area contributed by atoms with Gasteiger partial charge in [-0.2, -0.15) is 10.2 Å². The van der Waals surface area contributed by atoms with Crippen LogP contribution in [0.4, 0.5) is 17.1 Å². The van der Waals surface area contributed by atoms with Crippen molar-refractivity contribution in [1.82, 2.24) is 0 Å². The number of carbonyl (C=O) groups excluding carboxylic acids is 1. The molecule has 0 saturated carbocycles. The van der Waals surface area contributed by atoms with E-state index in [-0.39, 0.29) is 36.1 Å². The number of ether oxygens (including phenoxy) is 1. The van der Waals surface area contributed by atoms with Gasteiger partial charge in [0.15, 0.2) is 9.84 Å². The number of rotatable bonds is 10. The van der Waals surface area contributed by atoms with Gasteiger partial charge in [0.05, 0.1) is 30.0 Å². The van der Waals surface area contributed by atoms with E-state index in [0.717, 1.165) is 28.1 Å². The van der Waals surface area contributed by atoms with E-state index in [4.69, 9.17) is 16.3 Å². The second kappa shape index (κ2) is 11.2. The zero-order valence-electron chi connectivity index (χ0n) is 18.2. The minimum absolute atomic E-state index is 0.0469. The first-order valence-electron chi connectivity index (χ1n) is 9.89. The van der Waals surface area contributed by atoms with Crippen LogP contribution in [-0.4, -0.2) is 38.8 Å². The summed E-state index contributed by atoms with van der Waals surface area (Å²) in [5.74, 6) is 0.464. The molecule has 0 heterocycles. The normalized spacial score (nSPS) is 11.6. The molecule has 9 heteroatoms. The molecule has 0 aliphatic rings. The number of carbonyl (C=O) groups is 1. The highest BCUT2D eigenvalue weighted by molar-refractivity contribution is 7.91. The van der Waals surface area contributed by atoms with Crippen molar-refractivity contribution in [2.75, 3.05) is 29.8 Å². The number of azo groups is 1. The van der Waals surface area contributed by atoms with E-state index in [9.17, 15) is 13.2 Å². The second-order valence-corrected chi connectivity index (χ2v) is 9.98. The van der Waals surface area contributed by atoms with Gasteiger partial charge in [-0.25, -0.2) is 8.42 Å². The highest BCUT2D eigenvalue weighted by Gasteiger charge is 2.12. The Labute approximate surface area is 188 Å². The Hall–Kier alpha value is -2.45. The molecule has 0 atom stereocenters. The van der Waals surface area contributed by atoms with Gasteiger partial charge in [0.1, 0.15) is 5.75 Å². The summed E-state index contributed by atoms with van der Waals surface area (Å²) in [7, 11) is -1.57. The van der Waals surface area contributed by atoms with Crippen molar-refractivity contribution in [3.8, 4) is 5.75 Å². The van der Waals surface area contributed by atoms with Gasteiger partial charge in [0.2, 0.25) is 5.91 Å². The van der Waals surface area contributed by atoms with Crippen LogP contribution >= 0.6 is 11.6 Å². The molecular formula is C22H28ClN3O4S. The molecule has 0 aliphatic carbocycles. The molecule has 0 bridgehead atoms. The molecule has 0 fully saturated rings. The first-order chi connectivity index (χ1) is 14.6. The lowest BCUT2D eigenvalue weighted by atomic mass is 10.1. The van der Waals surface area contributed by atoms with Crippen molar-refractivity contribution in [2.24, 2.45) is 10.2 Å². The number of hydrogen-bond donors (Lipinski definition) is 1. The maximum atomic E-state index is 12.1. The SMILES string of the molecule is COc1cc(N=Nc2ccc(NC(=O)CCCS(=O)(=O)CCCl)cc2C)c(C)cc1C. The Morgan fingerprint density at radius 3 is 2.32 bits per heavy atom. The summed E-state index contributed by atoms with van der Waals surface area (Å²) >= 11 is 5.47. The van der Waals surface area contributed by atoms with E-state index < -0.39 is 9.84 Å². The van der Waals surface area contributed by atoms with Gasteiger partial charge < -0.3 is 10.1 Å². The fraction of sp³-hybridized carbons (Fsp3) is 0.409. The summed E-state index contributed by atoms with van der Waals surface area (Å²) in [5.41, 5.74) is 4.91. The van der Waals surface area contributed by atoms with Crippen molar-refractivity contribution in [2.45, 2.75) is 33.6 Å². The van der Waals surface area contributed by atoms with E-state index in [2.05, 4.69) is 15.5 Å². The van der Waals surface area contributed by atoms with E-state index in [0.29, 0.717) is 11.4 Å². The molecule has 1 N–H and O–H groups in total. The molecule has 31 heavy (non-hydrogen) atoms. The lowest BCUT2D eigenvalue weighted by molar-refractivity contribution is -0.116. The average Bonchev–Trinajstić information content (AvgIpc) is 2.68. The summed E-state index contributed by atoms with van der Waals surface area (Å²) < 4.78 is 28.6. The van der Waals surface area contributed by atoms with Gasteiger partial charge in [0, 0.05) is 24.1 Å². The Morgan fingerprint density at radius 2 is 1.68 bits per heavy atom. The van der Waals surface area contributed by atoms with Gasteiger partial charge >= 0.3 is 0 Å². The van der Waals surface area contributed by atoms with E-state index >= 15 is 0 Å². The number of anilines is 1. The Balaban J connectivity index is 2.00. The first kappa shape index (κ1) is 24.8. The molecule has 0 radical (unpaired) electrons. The van der Waals surface area contributed by atoms with Crippen molar-refractivity contribution >= 4 is 44.4 Å². The third-order valence-electron chi connectivity index (χ3n) is 4.71. The number of amides is 1. The fourth-order valence-electron chi connectivity index (χ4n) is 3.00. The van der Waals surface area contributed by atoms with Crippen LogP contribution in [0.15, 0.2) is 40.6 Å². The van der Waals surface area contributed by atoms with Gasteiger partial charge in [0.25, 0.3) is 0 Å². The second-order valence-electron chi connectivity index (χ2n) is 7.30. The third-order valence-corrected chi connectivity index (χ3v) is 6.86. The van der Waals surface area contributed by atoms with Crippen LogP contribution < -0.4 is 10.1 Å². The predicted octanol–water partition coefficient (Wildman–Crippen LogP) is 5.41. The lowest BCUT2D eigenvalue weighted by Crippen LogP contribution is -2.16. The minimum atomic E-state index is -3.19. The van der Waals surface area contributed by atoms with Crippen LogP contribution in [0.5, 0.6) is 5.75 Å². The topological polar surface area (TPSA) is 97.2 Å². The standard InChI is InChI=1S/C22H28ClN3O4S/c1-15-12-17(3)21(30-4)14-20(15)26-25-19-8-7-18(13-16(19)2)24-22(27)6-5-10-31(28,29)11-9-23/h7-8,12-14H,5-6,9-11H2,1-4H3,(H,24,27). The number of halogens is 1. The van der Waals surface area contributed by atoms with Crippen molar-refractivity contribution in [1.29, 1.82) is 0 Å². The van der Waals surface area contributed by atoms with E-state index in [1.54, 1.807) is 25.3 Å². The van der Waals surface area contributed by atoms with E-state index in [1.807, 2.05) is 32.9 Å². The van der Waals surface area contributed by atoms with Crippen LogP contribution in [0.3, 0.4) is 0 Å². The van der Waals surface area contributed by atoms with E-state index in [1.165, 1.54) is 0 Å². The quantitative estimate of drug-likeness (QED) is 0.374. The molecule has 2 aromatic carbocycles. The highest BCUT2D eigenvalue weighted by Crippen LogP contribution is 2.31. The summed E-state index contributed by atoms with van der Waals surface area (Å²) in [6, 6.07) is 9.18. The molecule has 1 amide bonds. The largest absolute Gasteiger partial charge is 0.496 e. The van der Waals surface area contributed by atoms with Gasteiger partial charge in [-0.15, -0.1) is 11.6 Å². The van der Waals surface area contributed by atoms with Crippen LogP contribution in [0.25, 0.3) is 0 Å². The monoisotopic (exact) mass is 465 g/mol. The Bertz CT molecular complexity index is 1070. The fourth-order valence-corrected chi connectivity index (χ4v) is 4.73. The molecule has 0 aliphatic heterocycles. The molecule has 2 rings (SSSR count). The van der Waals surface area contributed by atoms with Crippen LogP contribution in [-0.2, 0) is 14.6 Å². The third kappa shape index (κ3) is 7.63. The Kier molecular flexibility index (Phi) is 9.00. The number of aryl methyl sites for hydroxylation is 3. The van der Waals surface area contributed by atoms with Gasteiger partial charge in [-0.3, -0.25) is 4.79 Å². The summed E-state index contributed by atoms with van der Waals surface area (Å²) in [5, 5.41) is 11.5. The molecule has 0 unspecified atom stereocenters. The molecule has 0 spiro atoms. The average molecular weight is 466 g/mol. The molecular weight excluding hydrogens is 438 g/mol. The Morgan fingerprint density at radius 1 is 1.00 bits per heavy atom. The van der Waals surface area contributed by atoms with Crippen molar-refractivity contribution in [3.05, 3.63) is 47.0 Å². The van der Waals surface area contributed by atoms with Gasteiger partial charge in [-0.05, 0) is 62.1 Å². The molecule has 7 nitrogen and oxygen atoms in total. The van der Waals surface area contributed by atoms with Crippen LogP contribution in [0, 0.1) is 20.8 Å². The minimum Gasteiger partial charge on any atom is -0.496 e. The van der Waals surface area contributed by atoms with Crippen LogP contribution in [0.2, 0.25) is 0 Å². The van der Waals surface area contributed by atoms with Crippen molar-refractivity contribution < 1.29 is 17.9 Å². The van der Waals surface area contributed by atoms with Gasteiger partial charge in [-0.1, -0.05) is 6.07 Å². The number of nitrogens with one attached hydrogen (secondary N) is 1. The van der Waals surface area contributed by atoms with Crippen LogP contribution in [0.1, 0.15) is 29.5 Å². The smallest absolute Gasteiger partial charge is 0.224 e. The summed E-state index contributed by atoms with van der Waals surface area (Å²) in [4.78, 5) is 12.1. The molecule has 168 valence electrons. The number of hydrogen-bond acceptors (Lipinski definition) is 6. The first-order valence-corrected chi connectivity index (χ1v) is 12.2. The zero-order valence-corrected chi connectivity index (χ0v) is 19.8. The highest BCUT2D eigenvalue weighted by atomic mass is 35.5. The maximum Gasteiger partial charge on any atom is 0.224 e. The zero-order chi connectivity index (χ0) is 23.0. The molecule has 0 aromatic heterocycles. The number of nitrogens with zero attached hydrogens (tertiary/aromatic N) is 2. The number of benzene rings is 2. The number of alkyl halides is 1.